The highest BCUT2D eigenvalue weighted by atomic mass is 19.1. The van der Waals surface area contributed by atoms with Crippen LogP contribution in [0.2, 0.25) is 0 Å². The molecule has 0 aliphatic carbocycles. The Labute approximate surface area is 218 Å². The quantitative estimate of drug-likeness (QED) is 0.302. The van der Waals surface area contributed by atoms with Crippen LogP contribution in [-0.4, -0.2) is 5.11 Å². The zero-order chi connectivity index (χ0) is 26.5. The average Bonchev–Trinajstić information content (AvgIpc) is 2.83. The average molecular weight is 487 g/mol. The number of hydrogen-bond acceptors (Lipinski definition) is 1. The number of hydrogen-bond donors (Lipinski definition) is 1. The monoisotopic (exact) mass is 486 g/mol. The number of allylic oxidation sites excluding steroid dienone is 1. The Morgan fingerprint density at radius 1 is 0.861 bits per heavy atom. The summed E-state index contributed by atoms with van der Waals surface area (Å²) in [6.07, 6.45) is 6.18. The van der Waals surface area contributed by atoms with Crippen molar-refractivity contribution < 1.29 is 9.50 Å². The summed E-state index contributed by atoms with van der Waals surface area (Å²) < 4.78 is 15.0. The molecule has 0 saturated carbocycles. The summed E-state index contributed by atoms with van der Waals surface area (Å²) in [5, 5.41) is 11.4. The van der Waals surface area contributed by atoms with Crippen LogP contribution in [-0.2, 0) is 12.0 Å². The highest BCUT2D eigenvalue weighted by molar-refractivity contribution is 5.54. The maximum absolute atomic E-state index is 15.0. The van der Waals surface area contributed by atoms with E-state index in [-0.39, 0.29) is 11.7 Å². The number of aliphatic hydroxyl groups is 1. The Balaban J connectivity index is 1.77. The minimum Gasteiger partial charge on any atom is -0.385 e. The Bertz CT molecular complexity index is 1190. The zero-order valence-electron chi connectivity index (χ0n) is 23.1. The van der Waals surface area contributed by atoms with Gasteiger partial charge in [-0.25, -0.2) is 4.39 Å². The second-order valence-electron chi connectivity index (χ2n) is 11.1. The highest BCUT2D eigenvalue weighted by Crippen LogP contribution is 2.33. The van der Waals surface area contributed by atoms with Crippen molar-refractivity contribution in [2.45, 2.75) is 91.1 Å². The van der Waals surface area contributed by atoms with E-state index in [2.05, 4.69) is 90.1 Å². The van der Waals surface area contributed by atoms with Crippen molar-refractivity contribution in [1.82, 2.24) is 0 Å². The molecule has 0 fully saturated rings. The van der Waals surface area contributed by atoms with E-state index >= 15 is 4.39 Å². The fourth-order valence-corrected chi connectivity index (χ4v) is 5.13. The maximum atomic E-state index is 15.0. The van der Waals surface area contributed by atoms with Crippen molar-refractivity contribution in [3.05, 3.63) is 112 Å². The van der Waals surface area contributed by atoms with Crippen LogP contribution in [0.4, 0.5) is 4.39 Å². The number of halogens is 1. The lowest BCUT2D eigenvalue weighted by atomic mass is 9.83. The summed E-state index contributed by atoms with van der Waals surface area (Å²) in [6.45, 7) is 14.9. The minimum absolute atomic E-state index is 0.176. The van der Waals surface area contributed by atoms with Crippen LogP contribution in [0.1, 0.15) is 111 Å². The maximum Gasteiger partial charge on any atom is 0.126 e. The van der Waals surface area contributed by atoms with E-state index in [0.717, 1.165) is 23.1 Å². The molecule has 0 bridgehead atoms. The molecule has 3 aromatic carbocycles. The largest absolute Gasteiger partial charge is 0.385 e. The third-order valence-electron chi connectivity index (χ3n) is 7.48. The molecule has 2 heteroatoms. The topological polar surface area (TPSA) is 20.2 Å². The summed E-state index contributed by atoms with van der Waals surface area (Å²) in [6, 6.07) is 20.1. The summed E-state index contributed by atoms with van der Waals surface area (Å²) in [7, 11) is 0. The van der Waals surface area contributed by atoms with E-state index in [9.17, 15) is 5.11 Å². The smallest absolute Gasteiger partial charge is 0.126 e. The Kier molecular flexibility index (Phi) is 9.30. The minimum atomic E-state index is -1.03. The molecule has 0 saturated heterocycles. The van der Waals surface area contributed by atoms with Crippen LogP contribution >= 0.6 is 0 Å². The van der Waals surface area contributed by atoms with Crippen LogP contribution in [0.25, 0.3) is 6.08 Å². The van der Waals surface area contributed by atoms with Crippen molar-refractivity contribution >= 4 is 6.08 Å². The molecular formula is C34H43FO. The first-order valence-corrected chi connectivity index (χ1v) is 13.4. The summed E-state index contributed by atoms with van der Waals surface area (Å²) in [5.74, 6) is 0.849. The molecule has 3 aromatic rings. The van der Waals surface area contributed by atoms with E-state index < -0.39 is 5.60 Å². The molecule has 1 N–H and O–H groups in total. The molecule has 1 nitrogen and oxygen atoms in total. The molecule has 3 rings (SSSR count). The standard InChI is InChI=1S/C34H43FO/c1-23(2)29-15-9-8-13-27(29)14-10-12-25(5)30-16-11-17-33(35)31(30)20-21-34(7,36)28-19-18-26(6)32(22-28)24(3)4/h8-11,13-19,22-25,36H,12,20-21H2,1-7H3/b14-10+. The van der Waals surface area contributed by atoms with Gasteiger partial charge in [-0.2, -0.15) is 0 Å². The van der Waals surface area contributed by atoms with Gasteiger partial charge in [-0.1, -0.05) is 101 Å². The number of rotatable bonds is 10. The van der Waals surface area contributed by atoms with Gasteiger partial charge in [-0.05, 0) is 95.9 Å². The lowest BCUT2D eigenvalue weighted by Crippen LogP contribution is -2.23. The molecule has 0 amide bonds. The predicted molar refractivity (Wildman–Crippen MR) is 152 cm³/mol. The fraction of sp³-hybridized carbons (Fsp3) is 0.412. The summed E-state index contributed by atoms with van der Waals surface area (Å²) >= 11 is 0. The van der Waals surface area contributed by atoms with Crippen LogP contribution in [0.15, 0.2) is 66.7 Å². The van der Waals surface area contributed by atoms with Gasteiger partial charge in [-0.3, -0.25) is 0 Å². The zero-order valence-corrected chi connectivity index (χ0v) is 23.1. The van der Waals surface area contributed by atoms with Crippen LogP contribution < -0.4 is 0 Å². The molecule has 0 aliphatic heterocycles. The molecule has 0 aliphatic rings. The fourth-order valence-electron chi connectivity index (χ4n) is 5.13. The van der Waals surface area contributed by atoms with Crippen molar-refractivity contribution in [2.75, 3.05) is 0 Å². The number of benzene rings is 3. The summed E-state index contributed by atoms with van der Waals surface area (Å²) in [4.78, 5) is 0. The predicted octanol–water partition coefficient (Wildman–Crippen LogP) is 9.43. The first kappa shape index (κ1) is 27.9. The van der Waals surface area contributed by atoms with Crippen LogP contribution in [0.5, 0.6) is 0 Å². The Morgan fingerprint density at radius 2 is 1.53 bits per heavy atom. The van der Waals surface area contributed by atoms with Crippen molar-refractivity contribution in [1.29, 1.82) is 0 Å². The molecule has 2 unspecified atom stereocenters. The molecule has 192 valence electrons. The molecule has 0 radical (unpaired) electrons. The van der Waals surface area contributed by atoms with Gasteiger partial charge in [-0.15, -0.1) is 0 Å². The van der Waals surface area contributed by atoms with E-state index in [1.54, 1.807) is 6.07 Å². The number of aryl methyl sites for hydroxylation is 1. The third kappa shape index (κ3) is 6.73. The molecular weight excluding hydrogens is 443 g/mol. The lowest BCUT2D eigenvalue weighted by Gasteiger charge is -2.27. The molecule has 36 heavy (non-hydrogen) atoms. The first-order valence-electron chi connectivity index (χ1n) is 13.4. The highest BCUT2D eigenvalue weighted by Gasteiger charge is 2.25. The van der Waals surface area contributed by atoms with E-state index in [0.29, 0.717) is 24.7 Å². The first-order chi connectivity index (χ1) is 17.0. The van der Waals surface area contributed by atoms with Gasteiger partial charge in [0.2, 0.25) is 0 Å². The van der Waals surface area contributed by atoms with E-state index in [1.807, 2.05) is 19.1 Å². The van der Waals surface area contributed by atoms with Gasteiger partial charge in [0.25, 0.3) is 0 Å². The summed E-state index contributed by atoms with van der Waals surface area (Å²) in [5.41, 5.74) is 6.69. The van der Waals surface area contributed by atoms with Crippen LogP contribution in [0, 0.1) is 12.7 Å². The molecule has 2 atom stereocenters. The SMILES string of the molecule is Cc1ccc(C(C)(O)CCc2c(F)cccc2C(C)C/C=C/c2ccccc2C(C)C)cc1C(C)C. The van der Waals surface area contributed by atoms with Gasteiger partial charge in [0.1, 0.15) is 5.82 Å². The lowest BCUT2D eigenvalue weighted by molar-refractivity contribution is 0.0477. The molecule has 0 heterocycles. The Morgan fingerprint density at radius 3 is 2.22 bits per heavy atom. The second kappa shape index (κ2) is 12.0. The Hall–Kier alpha value is -2.71. The van der Waals surface area contributed by atoms with Gasteiger partial charge in [0, 0.05) is 0 Å². The van der Waals surface area contributed by atoms with Crippen LogP contribution in [0.3, 0.4) is 0 Å². The van der Waals surface area contributed by atoms with Gasteiger partial charge < -0.3 is 5.11 Å². The van der Waals surface area contributed by atoms with E-state index in [1.165, 1.54) is 28.3 Å². The molecule has 0 spiro atoms. The van der Waals surface area contributed by atoms with E-state index in [4.69, 9.17) is 0 Å². The normalized spacial score (nSPS) is 14.5. The van der Waals surface area contributed by atoms with Gasteiger partial charge in [0.05, 0.1) is 5.60 Å². The van der Waals surface area contributed by atoms with Crippen molar-refractivity contribution in [2.24, 2.45) is 0 Å². The van der Waals surface area contributed by atoms with Gasteiger partial charge >= 0.3 is 0 Å². The second-order valence-corrected chi connectivity index (χ2v) is 11.1. The van der Waals surface area contributed by atoms with Gasteiger partial charge in [0.15, 0.2) is 0 Å². The van der Waals surface area contributed by atoms with Crippen molar-refractivity contribution in [3.63, 3.8) is 0 Å². The molecule has 0 aromatic heterocycles. The third-order valence-corrected chi connectivity index (χ3v) is 7.48. The van der Waals surface area contributed by atoms with Crippen molar-refractivity contribution in [3.8, 4) is 0 Å².